The van der Waals surface area contributed by atoms with Crippen LogP contribution in [0.3, 0.4) is 0 Å². The number of amides is 1. The molecular weight excluding hydrogens is 285 g/mol. The van der Waals surface area contributed by atoms with Crippen LogP contribution in [0, 0.1) is 5.82 Å². The van der Waals surface area contributed by atoms with Gasteiger partial charge in [0.05, 0.1) is 19.8 Å². The quantitative estimate of drug-likeness (QED) is 0.698. The molecule has 0 atom stereocenters. The van der Waals surface area contributed by atoms with E-state index in [-0.39, 0.29) is 11.7 Å². The molecule has 0 bridgehead atoms. The van der Waals surface area contributed by atoms with Crippen molar-refractivity contribution in [1.29, 1.82) is 0 Å². The zero-order chi connectivity index (χ0) is 15.4. The number of fused-ring (bicyclic) bond motifs is 1. The van der Waals surface area contributed by atoms with Crippen molar-refractivity contribution in [1.82, 2.24) is 10.3 Å². The van der Waals surface area contributed by atoms with Crippen molar-refractivity contribution in [3.05, 3.63) is 35.8 Å². The predicted molar refractivity (Wildman–Crippen MR) is 81.6 cm³/mol. The standard InChI is InChI=1S/C16H20FN3O2/c17-13-2-3-14-12(10-13)11-15(19-14)16(21)18-4-1-5-20-6-8-22-9-7-20/h2-3,10-11,19H,1,4-9H2,(H,18,21)/p+1. The maximum atomic E-state index is 13.1. The van der Waals surface area contributed by atoms with E-state index in [1.54, 1.807) is 12.1 Å². The van der Waals surface area contributed by atoms with E-state index in [2.05, 4.69) is 10.3 Å². The Morgan fingerprint density at radius 2 is 2.14 bits per heavy atom. The lowest BCUT2D eigenvalue weighted by atomic mass is 10.2. The van der Waals surface area contributed by atoms with Crippen molar-refractivity contribution in [2.45, 2.75) is 6.42 Å². The fraction of sp³-hybridized carbons (Fsp3) is 0.438. The second-order valence-electron chi connectivity index (χ2n) is 5.64. The maximum Gasteiger partial charge on any atom is 0.267 e. The van der Waals surface area contributed by atoms with Crippen LogP contribution in [-0.2, 0) is 4.74 Å². The first kappa shape index (κ1) is 15.0. The molecule has 1 aliphatic heterocycles. The van der Waals surface area contributed by atoms with Crippen LogP contribution in [0.5, 0.6) is 0 Å². The summed E-state index contributed by atoms with van der Waals surface area (Å²) in [4.78, 5) is 16.6. The Balaban J connectivity index is 1.48. The van der Waals surface area contributed by atoms with Gasteiger partial charge in [-0.25, -0.2) is 4.39 Å². The number of carbonyl (C=O) groups is 1. The first-order chi connectivity index (χ1) is 10.7. The molecule has 3 rings (SSSR count). The van der Waals surface area contributed by atoms with Crippen molar-refractivity contribution < 1.29 is 18.8 Å². The molecule has 0 aliphatic carbocycles. The lowest BCUT2D eigenvalue weighted by molar-refractivity contribution is -0.908. The Morgan fingerprint density at radius 3 is 2.95 bits per heavy atom. The minimum atomic E-state index is -0.299. The summed E-state index contributed by atoms with van der Waals surface area (Å²) in [6, 6.07) is 6.13. The number of carbonyl (C=O) groups excluding carboxylic acids is 1. The number of hydrogen-bond donors (Lipinski definition) is 3. The van der Waals surface area contributed by atoms with E-state index in [9.17, 15) is 9.18 Å². The van der Waals surface area contributed by atoms with Gasteiger partial charge in [-0.15, -0.1) is 0 Å². The van der Waals surface area contributed by atoms with Gasteiger partial charge in [0.2, 0.25) is 0 Å². The average Bonchev–Trinajstić information content (AvgIpc) is 2.95. The number of hydrogen-bond acceptors (Lipinski definition) is 2. The summed E-state index contributed by atoms with van der Waals surface area (Å²) < 4.78 is 18.5. The molecule has 2 aromatic rings. The van der Waals surface area contributed by atoms with Gasteiger partial charge in [-0.3, -0.25) is 4.79 Å². The molecule has 1 aliphatic rings. The lowest BCUT2D eigenvalue weighted by Gasteiger charge is -2.23. The SMILES string of the molecule is O=C(NCCC[NH+]1CCOCC1)c1cc2cc(F)ccc2[nH]1. The number of aromatic amines is 1. The molecule has 3 N–H and O–H groups in total. The molecule has 1 aromatic carbocycles. The Hall–Kier alpha value is -1.92. The molecule has 1 aromatic heterocycles. The van der Waals surface area contributed by atoms with Crippen LogP contribution in [0.1, 0.15) is 16.9 Å². The molecule has 118 valence electrons. The molecule has 6 heteroatoms. The number of H-pyrrole nitrogens is 1. The highest BCUT2D eigenvalue weighted by Gasteiger charge is 2.13. The van der Waals surface area contributed by atoms with Gasteiger partial charge in [-0.05, 0) is 24.3 Å². The van der Waals surface area contributed by atoms with Gasteiger partial charge in [-0.1, -0.05) is 0 Å². The van der Waals surface area contributed by atoms with E-state index >= 15 is 0 Å². The van der Waals surface area contributed by atoms with Crippen molar-refractivity contribution in [2.75, 3.05) is 39.4 Å². The van der Waals surface area contributed by atoms with Crippen LogP contribution in [0.2, 0.25) is 0 Å². The van der Waals surface area contributed by atoms with Crippen LogP contribution >= 0.6 is 0 Å². The average molecular weight is 306 g/mol. The molecule has 22 heavy (non-hydrogen) atoms. The number of quaternary nitrogens is 1. The second kappa shape index (κ2) is 6.89. The van der Waals surface area contributed by atoms with Crippen molar-refractivity contribution >= 4 is 16.8 Å². The third kappa shape index (κ3) is 3.64. The number of rotatable bonds is 5. The zero-order valence-electron chi connectivity index (χ0n) is 12.5. The highest BCUT2D eigenvalue weighted by Crippen LogP contribution is 2.16. The molecule has 0 radical (unpaired) electrons. The molecule has 1 saturated heterocycles. The third-order valence-corrected chi connectivity index (χ3v) is 4.02. The van der Waals surface area contributed by atoms with E-state index in [1.165, 1.54) is 17.0 Å². The zero-order valence-corrected chi connectivity index (χ0v) is 12.5. The third-order valence-electron chi connectivity index (χ3n) is 4.02. The molecule has 5 nitrogen and oxygen atoms in total. The van der Waals surface area contributed by atoms with E-state index in [0.29, 0.717) is 17.6 Å². The Morgan fingerprint density at radius 1 is 1.32 bits per heavy atom. The van der Waals surface area contributed by atoms with Gasteiger partial charge in [-0.2, -0.15) is 0 Å². The summed E-state index contributed by atoms with van der Waals surface area (Å²) in [6.07, 6.45) is 0.940. The molecule has 0 spiro atoms. The fourth-order valence-electron chi connectivity index (χ4n) is 2.77. The number of morpholine rings is 1. The molecule has 1 fully saturated rings. The van der Waals surface area contributed by atoms with Gasteiger partial charge in [0.25, 0.3) is 5.91 Å². The van der Waals surface area contributed by atoms with Crippen LogP contribution in [0.25, 0.3) is 10.9 Å². The number of nitrogens with one attached hydrogen (secondary N) is 3. The number of aromatic nitrogens is 1. The summed E-state index contributed by atoms with van der Waals surface area (Å²) in [7, 11) is 0. The largest absolute Gasteiger partial charge is 0.370 e. The van der Waals surface area contributed by atoms with E-state index in [4.69, 9.17) is 4.74 Å². The van der Waals surface area contributed by atoms with Crippen LogP contribution < -0.4 is 10.2 Å². The maximum absolute atomic E-state index is 13.1. The predicted octanol–water partition coefficient (Wildman–Crippen LogP) is 0.342. The first-order valence-corrected chi connectivity index (χ1v) is 7.70. The topological polar surface area (TPSA) is 58.6 Å². The fourth-order valence-corrected chi connectivity index (χ4v) is 2.77. The molecule has 1 amide bonds. The van der Waals surface area contributed by atoms with Gasteiger partial charge in [0, 0.05) is 23.9 Å². The highest BCUT2D eigenvalue weighted by atomic mass is 19.1. The van der Waals surface area contributed by atoms with Crippen LogP contribution in [0.15, 0.2) is 24.3 Å². The van der Waals surface area contributed by atoms with Gasteiger partial charge in [0.15, 0.2) is 0 Å². The summed E-state index contributed by atoms with van der Waals surface area (Å²) in [5, 5.41) is 3.62. The Bertz CT molecular complexity index is 650. The minimum absolute atomic E-state index is 0.145. The molecule has 0 unspecified atom stereocenters. The lowest BCUT2D eigenvalue weighted by Crippen LogP contribution is -3.14. The first-order valence-electron chi connectivity index (χ1n) is 7.70. The second-order valence-corrected chi connectivity index (χ2v) is 5.64. The molecule has 2 heterocycles. The summed E-state index contributed by atoms with van der Waals surface area (Å²) in [5.74, 6) is -0.444. The Labute approximate surface area is 128 Å². The normalized spacial score (nSPS) is 16.0. The summed E-state index contributed by atoms with van der Waals surface area (Å²) in [5.41, 5.74) is 1.24. The number of benzene rings is 1. The minimum Gasteiger partial charge on any atom is -0.370 e. The van der Waals surface area contributed by atoms with Crippen LogP contribution in [0.4, 0.5) is 4.39 Å². The van der Waals surface area contributed by atoms with Crippen molar-refractivity contribution in [3.8, 4) is 0 Å². The van der Waals surface area contributed by atoms with E-state index in [0.717, 1.165) is 44.8 Å². The van der Waals surface area contributed by atoms with Crippen LogP contribution in [-0.4, -0.2) is 50.3 Å². The van der Waals surface area contributed by atoms with E-state index in [1.807, 2.05) is 0 Å². The van der Waals surface area contributed by atoms with Gasteiger partial charge >= 0.3 is 0 Å². The van der Waals surface area contributed by atoms with E-state index < -0.39 is 0 Å². The monoisotopic (exact) mass is 306 g/mol. The smallest absolute Gasteiger partial charge is 0.267 e. The van der Waals surface area contributed by atoms with Crippen molar-refractivity contribution in [2.24, 2.45) is 0 Å². The Kier molecular flexibility index (Phi) is 4.70. The highest BCUT2D eigenvalue weighted by molar-refractivity contribution is 5.97. The van der Waals surface area contributed by atoms with Crippen molar-refractivity contribution in [3.63, 3.8) is 0 Å². The van der Waals surface area contributed by atoms with Gasteiger partial charge < -0.3 is 19.9 Å². The van der Waals surface area contributed by atoms with Gasteiger partial charge in [0.1, 0.15) is 24.6 Å². The molecular formula is C16H21FN3O2+. The number of ether oxygens (including phenoxy) is 1. The molecule has 0 saturated carbocycles. The summed E-state index contributed by atoms with van der Waals surface area (Å²) in [6.45, 7) is 5.43. The number of halogens is 1. The summed E-state index contributed by atoms with van der Waals surface area (Å²) >= 11 is 0.